The molecule has 0 bridgehead atoms. The molecule has 2 rings (SSSR count). The van der Waals surface area contributed by atoms with Crippen molar-refractivity contribution in [3.05, 3.63) is 41.7 Å². The number of nitrogens with zero attached hydrogens (tertiary/aromatic N) is 2. The Hall–Kier alpha value is -2.28. The quantitative estimate of drug-likeness (QED) is 0.920. The number of nitrogens with two attached hydrogens (primary N) is 1. The fraction of sp³-hybridized carbons (Fsp3) is 0.167. The van der Waals surface area contributed by atoms with Crippen LogP contribution in [0.1, 0.15) is 5.82 Å². The molecule has 0 unspecified atom stereocenters. The molecule has 0 spiro atoms. The van der Waals surface area contributed by atoms with E-state index in [2.05, 4.69) is 9.97 Å². The molecule has 1 aromatic carbocycles. The maximum Gasteiger partial charge on any atom is 0.224 e. The van der Waals surface area contributed by atoms with E-state index in [1.165, 1.54) is 19.2 Å². The van der Waals surface area contributed by atoms with E-state index >= 15 is 0 Å². The molecule has 0 aliphatic heterocycles. The third kappa shape index (κ3) is 3.35. The molecule has 19 heavy (non-hydrogen) atoms. The van der Waals surface area contributed by atoms with Crippen LogP contribution >= 0.6 is 0 Å². The third-order valence-electron chi connectivity index (χ3n) is 2.15. The maximum atomic E-state index is 13.4. The molecule has 0 amide bonds. The van der Waals surface area contributed by atoms with Crippen LogP contribution in [0.5, 0.6) is 11.6 Å². The number of hydrogen-bond donors (Lipinski definition) is 1. The summed E-state index contributed by atoms with van der Waals surface area (Å²) in [7, 11) is 1.48. The number of methoxy groups -OCH3 is 1. The van der Waals surface area contributed by atoms with Crippen molar-refractivity contribution in [1.82, 2.24) is 9.97 Å². The third-order valence-corrected chi connectivity index (χ3v) is 2.15. The number of nitrogen functional groups attached to an aromatic ring is 1. The van der Waals surface area contributed by atoms with Gasteiger partial charge >= 0.3 is 0 Å². The van der Waals surface area contributed by atoms with Crippen LogP contribution in [0.2, 0.25) is 0 Å². The van der Waals surface area contributed by atoms with Crippen LogP contribution in [0.4, 0.5) is 14.6 Å². The van der Waals surface area contributed by atoms with E-state index in [-0.39, 0.29) is 24.1 Å². The molecule has 2 N–H and O–H groups in total. The highest BCUT2D eigenvalue weighted by Crippen LogP contribution is 2.24. The Morgan fingerprint density at radius 1 is 1.21 bits per heavy atom. The lowest BCUT2D eigenvalue weighted by atomic mass is 10.3. The largest absolute Gasteiger partial charge is 0.436 e. The SMILES string of the molecule is COCc1nc(N)cc(Oc2ccc(F)cc2F)n1. The minimum atomic E-state index is -0.828. The van der Waals surface area contributed by atoms with Crippen LogP contribution in [-0.4, -0.2) is 17.1 Å². The first kappa shape index (κ1) is 13.2. The first-order valence-corrected chi connectivity index (χ1v) is 5.34. The smallest absolute Gasteiger partial charge is 0.224 e. The van der Waals surface area contributed by atoms with Crippen molar-refractivity contribution in [3.8, 4) is 11.6 Å². The molecule has 7 heteroatoms. The van der Waals surface area contributed by atoms with Gasteiger partial charge in [-0.05, 0) is 12.1 Å². The van der Waals surface area contributed by atoms with Crippen molar-refractivity contribution in [1.29, 1.82) is 0 Å². The van der Waals surface area contributed by atoms with E-state index in [9.17, 15) is 8.78 Å². The Bertz CT molecular complexity index is 593. The predicted octanol–water partition coefficient (Wildman–Crippen LogP) is 2.28. The average Bonchev–Trinajstić information content (AvgIpc) is 2.32. The first-order valence-electron chi connectivity index (χ1n) is 5.34. The zero-order valence-electron chi connectivity index (χ0n) is 10.1. The van der Waals surface area contributed by atoms with Crippen LogP contribution in [0.25, 0.3) is 0 Å². The van der Waals surface area contributed by atoms with Gasteiger partial charge in [-0.1, -0.05) is 0 Å². The second kappa shape index (κ2) is 5.57. The fourth-order valence-corrected chi connectivity index (χ4v) is 1.41. The van der Waals surface area contributed by atoms with Crippen molar-refractivity contribution in [3.63, 3.8) is 0 Å². The molecule has 0 aliphatic carbocycles. The summed E-state index contributed by atoms with van der Waals surface area (Å²) in [5, 5.41) is 0. The Morgan fingerprint density at radius 3 is 2.68 bits per heavy atom. The summed E-state index contributed by atoms with van der Waals surface area (Å²) < 4.78 is 36.2. The summed E-state index contributed by atoms with van der Waals surface area (Å²) in [6.07, 6.45) is 0. The lowest BCUT2D eigenvalue weighted by Gasteiger charge is -2.08. The molecule has 0 fully saturated rings. The van der Waals surface area contributed by atoms with Crippen molar-refractivity contribution in [2.45, 2.75) is 6.61 Å². The summed E-state index contributed by atoms with van der Waals surface area (Å²) in [5.74, 6) is -1.13. The van der Waals surface area contributed by atoms with Gasteiger partial charge in [0.25, 0.3) is 0 Å². The molecular formula is C12H11F2N3O2. The van der Waals surface area contributed by atoms with Gasteiger partial charge in [0.2, 0.25) is 5.88 Å². The molecule has 100 valence electrons. The predicted molar refractivity (Wildman–Crippen MR) is 63.6 cm³/mol. The van der Waals surface area contributed by atoms with Gasteiger partial charge in [-0.15, -0.1) is 0 Å². The van der Waals surface area contributed by atoms with Gasteiger partial charge in [0.15, 0.2) is 17.4 Å². The van der Waals surface area contributed by atoms with Crippen molar-refractivity contribution in [2.24, 2.45) is 0 Å². The van der Waals surface area contributed by atoms with Gasteiger partial charge in [-0.2, -0.15) is 4.98 Å². The fourth-order valence-electron chi connectivity index (χ4n) is 1.41. The molecule has 0 saturated heterocycles. The topological polar surface area (TPSA) is 70.3 Å². The van der Waals surface area contributed by atoms with Crippen molar-refractivity contribution < 1.29 is 18.3 Å². The van der Waals surface area contributed by atoms with Gasteiger partial charge in [0.05, 0.1) is 0 Å². The zero-order valence-corrected chi connectivity index (χ0v) is 10.1. The van der Waals surface area contributed by atoms with Gasteiger partial charge in [0, 0.05) is 19.2 Å². The van der Waals surface area contributed by atoms with Crippen LogP contribution in [0, 0.1) is 11.6 Å². The molecular weight excluding hydrogens is 256 g/mol. The van der Waals surface area contributed by atoms with Gasteiger partial charge in [-0.25, -0.2) is 13.8 Å². The van der Waals surface area contributed by atoms with Crippen LogP contribution in [0.3, 0.4) is 0 Å². The molecule has 5 nitrogen and oxygen atoms in total. The second-order valence-corrected chi connectivity index (χ2v) is 3.66. The van der Waals surface area contributed by atoms with Crippen molar-refractivity contribution in [2.75, 3.05) is 12.8 Å². The average molecular weight is 267 g/mol. The molecule has 0 atom stereocenters. The molecule has 2 aromatic rings. The Morgan fingerprint density at radius 2 is 2.00 bits per heavy atom. The number of anilines is 1. The van der Waals surface area contributed by atoms with Crippen molar-refractivity contribution >= 4 is 5.82 Å². The van der Waals surface area contributed by atoms with Gasteiger partial charge in [-0.3, -0.25) is 0 Å². The van der Waals surface area contributed by atoms with Crippen LogP contribution < -0.4 is 10.5 Å². The maximum absolute atomic E-state index is 13.4. The Labute approximate surface area is 108 Å². The molecule has 0 aliphatic rings. The Balaban J connectivity index is 2.27. The lowest BCUT2D eigenvalue weighted by molar-refractivity contribution is 0.177. The van der Waals surface area contributed by atoms with E-state index in [0.29, 0.717) is 5.82 Å². The minimum Gasteiger partial charge on any atom is -0.436 e. The molecule has 0 saturated carbocycles. The van der Waals surface area contributed by atoms with Crippen LogP contribution in [0.15, 0.2) is 24.3 Å². The number of aromatic nitrogens is 2. The number of halogens is 2. The lowest BCUT2D eigenvalue weighted by Crippen LogP contribution is -2.03. The summed E-state index contributed by atoms with van der Waals surface area (Å²) in [5.41, 5.74) is 5.57. The van der Waals surface area contributed by atoms with Gasteiger partial charge < -0.3 is 15.2 Å². The molecule has 1 aromatic heterocycles. The molecule has 0 radical (unpaired) electrons. The van der Waals surface area contributed by atoms with Crippen LogP contribution in [-0.2, 0) is 11.3 Å². The van der Waals surface area contributed by atoms with E-state index in [1.54, 1.807) is 0 Å². The van der Waals surface area contributed by atoms with E-state index < -0.39 is 11.6 Å². The standard InChI is InChI=1S/C12H11F2N3O2/c1-18-6-11-16-10(15)5-12(17-11)19-9-3-2-7(13)4-8(9)14/h2-5H,6H2,1H3,(H2,15,16,17). The summed E-state index contributed by atoms with van der Waals surface area (Å²) >= 11 is 0. The zero-order chi connectivity index (χ0) is 13.8. The monoisotopic (exact) mass is 267 g/mol. The van der Waals surface area contributed by atoms with Gasteiger partial charge in [0.1, 0.15) is 18.2 Å². The van der Waals surface area contributed by atoms with E-state index in [1.807, 2.05) is 0 Å². The van der Waals surface area contributed by atoms with E-state index in [4.69, 9.17) is 15.2 Å². The number of benzene rings is 1. The summed E-state index contributed by atoms with van der Waals surface area (Å²) in [4.78, 5) is 7.89. The minimum absolute atomic E-state index is 0.0602. The highest BCUT2D eigenvalue weighted by molar-refractivity contribution is 5.36. The first-order chi connectivity index (χ1) is 9.08. The normalized spacial score (nSPS) is 10.5. The molecule has 1 heterocycles. The highest BCUT2D eigenvalue weighted by Gasteiger charge is 2.09. The number of hydrogen-bond acceptors (Lipinski definition) is 5. The number of rotatable bonds is 4. The number of ether oxygens (including phenoxy) is 2. The van der Waals surface area contributed by atoms with E-state index in [0.717, 1.165) is 12.1 Å². The highest BCUT2D eigenvalue weighted by atomic mass is 19.1. The summed E-state index contributed by atoms with van der Waals surface area (Å²) in [6, 6.07) is 4.30. The second-order valence-electron chi connectivity index (χ2n) is 3.66. The Kier molecular flexibility index (Phi) is 3.86. The summed E-state index contributed by atoms with van der Waals surface area (Å²) in [6.45, 7) is 0.146.